The molecule has 4 rings (SSSR count). The average molecular weight is 334 g/mol. The maximum atomic E-state index is 6.25. The minimum Gasteiger partial charge on any atom is -0.494 e. The Balaban J connectivity index is 0.00000156. The van der Waals surface area contributed by atoms with Gasteiger partial charge >= 0.3 is 0 Å². The highest BCUT2D eigenvalue weighted by atomic mass is 35.5. The molecule has 3 atom stereocenters. The minimum atomic E-state index is 0. The zero-order chi connectivity index (χ0) is 14.9. The third kappa shape index (κ3) is 3.56. The van der Waals surface area contributed by atoms with Crippen LogP contribution in [0, 0.1) is 0 Å². The molecule has 0 saturated carbocycles. The number of hydrogen-bond donors (Lipinski definition) is 1. The van der Waals surface area contributed by atoms with Gasteiger partial charge in [-0.05, 0) is 67.6 Å². The first-order valence-electron chi connectivity index (χ1n) is 8.39. The SMILES string of the molecule is CCOc1ccc2cc(O[C@@H]3C[C@H]4CC[C@@H](C3)N4)ccc2c1.Cl. The highest BCUT2D eigenvalue weighted by molar-refractivity contribution is 5.85. The van der Waals surface area contributed by atoms with E-state index < -0.39 is 0 Å². The molecule has 0 aromatic heterocycles. The molecule has 124 valence electrons. The summed E-state index contributed by atoms with van der Waals surface area (Å²) in [6.07, 6.45) is 5.25. The lowest BCUT2D eigenvalue weighted by molar-refractivity contribution is 0.137. The normalized spacial score (nSPS) is 25.9. The molecular weight excluding hydrogens is 310 g/mol. The molecule has 0 unspecified atom stereocenters. The van der Waals surface area contributed by atoms with E-state index in [2.05, 4.69) is 35.6 Å². The number of rotatable bonds is 4. The van der Waals surface area contributed by atoms with Crippen molar-refractivity contribution < 1.29 is 9.47 Å². The molecule has 2 saturated heterocycles. The van der Waals surface area contributed by atoms with Crippen molar-refractivity contribution in [3.8, 4) is 11.5 Å². The lowest BCUT2D eigenvalue weighted by atomic mass is 10.0. The van der Waals surface area contributed by atoms with Crippen LogP contribution < -0.4 is 14.8 Å². The predicted octanol–water partition coefficient (Wildman–Crippen LogP) is 4.32. The number of hydrogen-bond acceptors (Lipinski definition) is 3. The summed E-state index contributed by atoms with van der Waals surface area (Å²) in [4.78, 5) is 0. The van der Waals surface area contributed by atoms with Gasteiger partial charge in [0.2, 0.25) is 0 Å². The molecule has 2 aromatic rings. The zero-order valence-corrected chi connectivity index (χ0v) is 14.3. The summed E-state index contributed by atoms with van der Waals surface area (Å²) in [6.45, 7) is 2.71. The van der Waals surface area contributed by atoms with Gasteiger partial charge in [0, 0.05) is 12.1 Å². The van der Waals surface area contributed by atoms with E-state index in [0.29, 0.717) is 24.8 Å². The Labute approximate surface area is 143 Å². The maximum Gasteiger partial charge on any atom is 0.120 e. The fourth-order valence-electron chi connectivity index (χ4n) is 3.83. The Morgan fingerprint density at radius 2 is 1.57 bits per heavy atom. The quantitative estimate of drug-likeness (QED) is 0.903. The second-order valence-corrected chi connectivity index (χ2v) is 6.45. The monoisotopic (exact) mass is 333 g/mol. The maximum absolute atomic E-state index is 6.25. The molecule has 23 heavy (non-hydrogen) atoms. The Morgan fingerprint density at radius 1 is 0.957 bits per heavy atom. The van der Waals surface area contributed by atoms with Gasteiger partial charge in [0.15, 0.2) is 0 Å². The van der Waals surface area contributed by atoms with E-state index in [1.165, 1.54) is 23.6 Å². The highest BCUT2D eigenvalue weighted by Crippen LogP contribution is 2.31. The van der Waals surface area contributed by atoms with E-state index in [1.54, 1.807) is 0 Å². The number of benzene rings is 2. The van der Waals surface area contributed by atoms with Crippen LogP contribution in [-0.2, 0) is 0 Å². The smallest absolute Gasteiger partial charge is 0.120 e. The fraction of sp³-hybridized carbons (Fsp3) is 0.474. The van der Waals surface area contributed by atoms with Crippen LogP contribution in [0.5, 0.6) is 11.5 Å². The average Bonchev–Trinajstić information content (AvgIpc) is 2.86. The Morgan fingerprint density at radius 3 is 2.22 bits per heavy atom. The summed E-state index contributed by atoms with van der Waals surface area (Å²) in [6, 6.07) is 13.9. The van der Waals surface area contributed by atoms with Crippen molar-refractivity contribution in [1.29, 1.82) is 0 Å². The molecule has 2 bridgehead atoms. The van der Waals surface area contributed by atoms with Crippen molar-refractivity contribution in [2.75, 3.05) is 6.61 Å². The molecule has 3 nitrogen and oxygen atoms in total. The molecule has 0 spiro atoms. The van der Waals surface area contributed by atoms with E-state index in [1.807, 2.05) is 13.0 Å². The zero-order valence-electron chi connectivity index (χ0n) is 13.5. The first-order valence-corrected chi connectivity index (χ1v) is 8.39. The van der Waals surface area contributed by atoms with Gasteiger partial charge in [0.25, 0.3) is 0 Å². The molecule has 1 N–H and O–H groups in total. The van der Waals surface area contributed by atoms with Crippen LogP contribution in [-0.4, -0.2) is 24.8 Å². The molecule has 2 fully saturated rings. The topological polar surface area (TPSA) is 30.5 Å². The van der Waals surface area contributed by atoms with Gasteiger partial charge in [-0.1, -0.05) is 12.1 Å². The minimum absolute atomic E-state index is 0. The van der Waals surface area contributed by atoms with Gasteiger partial charge in [-0.25, -0.2) is 0 Å². The van der Waals surface area contributed by atoms with Crippen LogP contribution in [0.15, 0.2) is 36.4 Å². The van der Waals surface area contributed by atoms with Gasteiger partial charge in [-0.3, -0.25) is 0 Å². The lowest BCUT2D eigenvalue weighted by Crippen LogP contribution is -2.42. The van der Waals surface area contributed by atoms with Crippen molar-refractivity contribution in [3.05, 3.63) is 36.4 Å². The molecule has 2 aliphatic heterocycles. The third-order valence-corrected chi connectivity index (χ3v) is 4.83. The standard InChI is InChI=1S/C19H23NO2.ClH/c1-2-21-17-7-3-14-10-18(8-4-13(14)9-17)22-19-11-15-5-6-16(12-19)20-15;/h3-4,7-10,15-16,19-20H,2,5-6,11-12H2,1H3;1H/t15-,16+,19-;. The van der Waals surface area contributed by atoms with Gasteiger partial charge in [0.05, 0.1) is 6.61 Å². The molecule has 0 amide bonds. The van der Waals surface area contributed by atoms with E-state index >= 15 is 0 Å². The molecule has 2 heterocycles. The summed E-state index contributed by atoms with van der Waals surface area (Å²) < 4.78 is 11.8. The molecular formula is C19H24ClNO2. The highest BCUT2D eigenvalue weighted by Gasteiger charge is 2.34. The second kappa shape index (κ2) is 6.98. The number of ether oxygens (including phenoxy) is 2. The van der Waals surface area contributed by atoms with Gasteiger partial charge < -0.3 is 14.8 Å². The summed E-state index contributed by atoms with van der Waals surface area (Å²) in [5.74, 6) is 1.92. The third-order valence-electron chi connectivity index (χ3n) is 4.83. The van der Waals surface area contributed by atoms with Gasteiger partial charge in [-0.15, -0.1) is 12.4 Å². The summed E-state index contributed by atoms with van der Waals surface area (Å²) in [5, 5.41) is 6.06. The van der Waals surface area contributed by atoms with Crippen LogP contribution in [0.25, 0.3) is 10.8 Å². The van der Waals surface area contributed by atoms with Crippen molar-refractivity contribution in [1.82, 2.24) is 5.32 Å². The van der Waals surface area contributed by atoms with Crippen molar-refractivity contribution >= 4 is 23.2 Å². The van der Waals surface area contributed by atoms with Crippen LogP contribution in [0.3, 0.4) is 0 Å². The molecule has 0 radical (unpaired) electrons. The summed E-state index contributed by atoms with van der Waals surface area (Å²) >= 11 is 0. The second-order valence-electron chi connectivity index (χ2n) is 6.45. The molecule has 2 aromatic carbocycles. The largest absolute Gasteiger partial charge is 0.494 e. The Kier molecular flexibility index (Phi) is 4.98. The number of fused-ring (bicyclic) bond motifs is 3. The number of nitrogens with one attached hydrogen (secondary N) is 1. The fourth-order valence-corrected chi connectivity index (χ4v) is 3.83. The van der Waals surface area contributed by atoms with E-state index in [9.17, 15) is 0 Å². The van der Waals surface area contributed by atoms with Crippen LogP contribution in [0.1, 0.15) is 32.6 Å². The molecule has 2 aliphatic rings. The first-order chi connectivity index (χ1) is 10.8. The van der Waals surface area contributed by atoms with E-state index in [0.717, 1.165) is 24.3 Å². The van der Waals surface area contributed by atoms with E-state index in [-0.39, 0.29) is 12.4 Å². The van der Waals surface area contributed by atoms with Gasteiger partial charge in [0.1, 0.15) is 17.6 Å². The summed E-state index contributed by atoms with van der Waals surface area (Å²) in [5.41, 5.74) is 0. The summed E-state index contributed by atoms with van der Waals surface area (Å²) in [7, 11) is 0. The van der Waals surface area contributed by atoms with E-state index in [4.69, 9.17) is 9.47 Å². The van der Waals surface area contributed by atoms with Gasteiger partial charge in [-0.2, -0.15) is 0 Å². The Hall–Kier alpha value is -1.45. The Bertz CT molecular complexity index is 663. The van der Waals surface area contributed by atoms with Crippen LogP contribution in [0.2, 0.25) is 0 Å². The predicted molar refractivity (Wildman–Crippen MR) is 96.0 cm³/mol. The first kappa shape index (κ1) is 16.4. The van der Waals surface area contributed by atoms with Crippen LogP contribution >= 0.6 is 12.4 Å². The number of piperidine rings is 1. The van der Waals surface area contributed by atoms with Crippen molar-refractivity contribution in [3.63, 3.8) is 0 Å². The van der Waals surface area contributed by atoms with Crippen LogP contribution in [0.4, 0.5) is 0 Å². The molecule has 4 heteroatoms. The number of halogens is 1. The molecule has 0 aliphatic carbocycles. The lowest BCUT2D eigenvalue weighted by Gasteiger charge is -2.29. The van der Waals surface area contributed by atoms with Crippen molar-refractivity contribution in [2.24, 2.45) is 0 Å². The van der Waals surface area contributed by atoms with Crippen molar-refractivity contribution in [2.45, 2.75) is 50.8 Å².